The lowest BCUT2D eigenvalue weighted by Crippen LogP contribution is -2.24. The van der Waals surface area contributed by atoms with E-state index in [4.69, 9.17) is 0 Å². The number of amides is 1. The van der Waals surface area contributed by atoms with Crippen molar-refractivity contribution in [1.82, 2.24) is 20.1 Å². The van der Waals surface area contributed by atoms with Crippen LogP contribution in [0, 0.1) is 6.92 Å². The number of carbonyl (C=O) groups excluding carboxylic acids is 1. The minimum atomic E-state index is -0.299. The summed E-state index contributed by atoms with van der Waals surface area (Å²) in [5.41, 5.74) is 3.95. The van der Waals surface area contributed by atoms with Crippen LogP contribution in [0.3, 0.4) is 0 Å². The van der Waals surface area contributed by atoms with Crippen LogP contribution in [0.15, 0.2) is 84.9 Å². The van der Waals surface area contributed by atoms with Crippen LogP contribution in [0.1, 0.15) is 21.7 Å². The number of nitrogens with zero attached hydrogens (tertiary/aromatic N) is 3. The maximum atomic E-state index is 12.7. The Kier molecular flexibility index (Phi) is 4.97. The lowest BCUT2D eigenvalue weighted by Gasteiger charge is -2.05. The van der Waals surface area contributed by atoms with Gasteiger partial charge in [-0.1, -0.05) is 78.4 Å². The first-order valence-corrected chi connectivity index (χ1v) is 9.12. The van der Waals surface area contributed by atoms with E-state index in [-0.39, 0.29) is 11.7 Å². The average Bonchev–Trinajstić information content (AvgIpc) is 3.19. The van der Waals surface area contributed by atoms with Gasteiger partial charge in [-0.25, -0.2) is 9.67 Å². The number of aromatic nitrogens is 3. The Labute approximate surface area is 163 Å². The molecule has 0 saturated heterocycles. The molecule has 4 rings (SSSR count). The van der Waals surface area contributed by atoms with Crippen LogP contribution >= 0.6 is 0 Å². The van der Waals surface area contributed by atoms with Crippen LogP contribution < -0.4 is 5.32 Å². The monoisotopic (exact) mass is 368 g/mol. The zero-order valence-electron chi connectivity index (χ0n) is 15.5. The summed E-state index contributed by atoms with van der Waals surface area (Å²) in [6.45, 7) is 2.47. The molecule has 3 aromatic carbocycles. The summed E-state index contributed by atoms with van der Waals surface area (Å²) in [6.07, 6.45) is 0. The summed E-state index contributed by atoms with van der Waals surface area (Å²) < 4.78 is 1.71. The Morgan fingerprint density at radius 3 is 2.21 bits per heavy atom. The number of hydrogen-bond donors (Lipinski definition) is 1. The maximum absolute atomic E-state index is 12.7. The van der Waals surface area contributed by atoms with Gasteiger partial charge in [0, 0.05) is 12.1 Å². The number of para-hydroxylation sites is 1. The van der Waals surface area contributed by atoms with E-state index in [0.717, 1.165) is 22.4 Å². The Hall–Kier alpha value is -3.73. The highest BCUT2D eigenvalue weighted by Crippen LogP contribution is 2.21. The van der Waals surface area contributed by atoms with E-state index in [9.17, 15) is 4.79 Å². The molecule has 0 radical (unpaired) electrons. The molecule has 0 bridgehead atoms. The fourth-order valence-electron chi connectivity index (χ4n) is 2.90. The zero-order chi connectivity index (χ0) is 19.3. The second-order valence-electron chi connectivity index (χ2n) is 6.54. The van der Waals surface area contributed by atoms with Gasteiger partial charge in [-0.2, -0.15) is 0 Å². The molecule has 4 aromatic rings. The number of rotatable bonds is 5. The van der Waals surface area contributed by atoms with Gasteiger partial charge in [-0.05, 0) is 24.6 Å². The van der Waals surface area contributed by atoms with E-state index < -0.39 is 0 Å². The van der Waals surface area contributed by atoms with Crippen LogP contribution in [0.5, 0.6) is 0 Å². The van der Waals surface area contributed by atoms with Gasteiger partial charge in [0.05, 0.1) is 5.69 Å². The van der Waals surface area contributed by atoms with Gasteiger partial charge < -0.3 is 5.32 Å². The SMILES string of the molecule is Cc1ccc(-c2nc(C(=O)NCc3ccccc3)nn2-c2ccccc2)cc1. The van der Waals surface area contributed by atoms with Gasteiger partial charge in [-0.15, -0.1) is 5.10 Å². The second-order valence-corrected chi connectivity index (χ2v) is 6.54. The predicted octanol–water partition coefficient (Wildman–Crippen LogP) is 4.17. The highest BCUT2D eigenvalue weighted by Gasteiger charge is 2.18. The first-order valence-electron chi connectivity index (χ1n) is 9.12. The van der Waals surface area contributed by atoms with Crippen LogP contribution in [0.2, 0.25) is 0 Å². The van der Waals surface area contributed by atoms with Crippen molar-refractivity contribution in [2.24, 2.45) is 0 Å². The Morgan fingerprint density at radius 2 is 1.54 bits per heavy atom. The summed E-state index contributed by atoms with van der Waals surface area (Å²) >= 11 is 0. The van der Waals surface area contributed by atoms with E-state index in [0.29, 0.717) is 12.4 Å². The predicted molar refractivity (Wildman–Crippen MR) is 109 cm³/mol. The molecule has 1 amide bonds. The molecule has 1 heterocycles. The molecule has 0 spiro atoms. The number of hydrogen-bond acceptors (Lipinski definition) is 3. The topological polar surface area (TPSA) is 59.8 Å². The van der Waals surface area contributed by atoms with E-state index >= 15 is 0 Å². The van der Waals surface area contributed by atoms with E-state index in [1.807, 2.05) is 91.9 Å². The normalized spacial score (nSPS) is 10.6. The lowest BCUT2D eigenvalue weighted by molar-refractivity contribution is 0.0940. The molecular formula is C23H20N4O. The molecular weight excluding hydrogens is 348 g/mol. The summed E-state index contributed by atoms with van der Waals surface area (Å²) in [5.74, 6) is 0.485. The molecule has 5 heteroatoms. The summed E-state index contributed by atoms with van der Waals surface area (Å²) in [6, 6.07) is 27.5. The molecule has 0 saturated carbocycles. The molecule has 0 aliphatic carbocycles. The summed E-state index contributed by atoms with van der Waals surface area (Å²) in [7, 11) is 0. The summed E-state index contributed by atoms with van der Waals surface area (Å²) in [5, 5.41) is 7.38. The average molecular weight is 368 g/mol. The van der Waals surface area contributed by atoms with Crippen LogP contribution in [-0.4, -0.2) is 20.7 Å². The fraction of sp³-hybridized carbons (Fsp3) is 0.0870. The zero-order valence-corrected chi connectivity index (χ0v) is 15.5. The van der Waals surface area contributed by atoms with Gasteiger partial charge in [0.25, 0.3) is 5.91 Å². The van der Waals surface area contributed by atoms with Crippen molar-refractivity contribution in [3.63, 3.8) is 0 Å². The standard InChI is InChI=1S/C23H20N4O/c1-17-12-14-19(15-13-17)22-25-21(26-27(22)20-10-6-3-7-11-20)23(28)24-16-18-8-4-2-5-9-18/h2-15H,16H2,1H3,(H,24,28). The Morgan fingerprint density at radius 1 is 0.893 bits per heavy atom. The minimum absolute atomic E-state index is 0.148. The van der Waals surface area contributed by atoms with E-state index in [1.54, 1.807) is 4.68 Å². The number of carbonyl (C=O) groups is 1. The molecule has 0 atom stereocenters. The minimum Gasteiger partial charge on any atom is -0.345 e. The molecule has 5 nitrogen and oxygen atoms in total. The highest BCUT2D eigenvalue weighted by atomic mass is 16.2. The van der Waals surface area contributed by atoms with Gasteiger partial charge >= 0.3 is 0 Å². The summed E-state index contributed by atoms with van der Waals surface area (Å²) in [4.78, 5) is 17.2. The first-order chi connectivity index (χ1) is 13.7. The molecule has 0 fully saturated rings. The van der Waals surface area contributed by atoms with E-state index in [2.05, 4.69) is 15.4 Å². The third kappa shape index (κ3) is 3.83. The van der Waals surface area contributed by atoms with Gasteiger partial charge in [0.1, 0.15) is 0 Å². The van der Waals surface area contributed by atoms with Crippen LogP contribution in [0.4, 0.5) is 0 Å². The quantitative estimate of drug-likeness (QED) is 0.575. The van der Waals surface area contributed by atoms with Crippen molar-refractivity contribution in [2.45, 2.75) is 13.5 Å². The van der Waals surface area contributed by atoms with Gasteiger partial charge in [-0.3, -0.25) is 4.79 Å². The van der Waals surface area contributed by atoms with Crippen LogP contribution in [0.25, 0.3) is 17.1 Å². The molecule has 0 unspecified atom stereocenters. The number of nitrogens with one attached hydrogen (secondary N) is 1. The molecule has 0 aliphatic rings. The largest absolute Gasteiger partial charge is 0.345 e. The van der Waals surface area contributed by atoms with Crippen molar-refractivity contribution in [2.75, 3.05) is 0 Å². The van der Waals surface area contributed by atoms with Crippen molar-refractivity contribution >= 4 is 5.91 Å². The molecule has 1 aromatic heterocycles. The van der Waals surface area contributed by atoms with Crippen LogP contribution in [-0.2, 0) is 6.54 Å². The maximum Gasteiger partial charge on any atom is 0.291 e. The third-order valence-corrected chi connectivity index (χ3v) is 4.42. The van der Waals surface area contributed by atoms with Gasteiger partial charge in [0.15, 0.2) is 5.82 Å². The second kappa shape index (κ2) is 7.88. The molecule has 1 N–H and O–H groups in total. The Bertz CT molecular complexity index is 1070. The van der Waals surface area contributed by atoms with E-state index in [1.165, 1.54) is 0 Å². The van der Waals surface area contributed by atoms with Crippen molar-refractivity contribution < 1.29 is 4.79 Å². The third-order valence-electron chi connectivity index (χ3n) is 4.42. The Balaban J connectivity index is 1.66. The van der Waals surface area contributed by atoms with Gasteiger partial charge in [0.2, 0.25) is 5.82 Å². The van der Waals surface area contributed by atoms with Crippen molar-refractivity contribution in [1.29, 1.82) is 0 Å². The number of aryl methyl sites for hydroxylation is 1. The number of benzene rings is 3. The molecule has 28 heavy (non-hydrogen) atoms. The first kappa shape index (κ1) is 17.7. The molecule has 138 valence electrons. The van der Waals surface area contributed by atoms with Crippen molar-refractivity contribution in [3.05, 3.63) is 102 Å². The highest BCUT2D eigenvalue weighted by molar-refractivity contribution is 5.91. The fourth-order valence-corrected chi connectivity index (χ4v) is 2.90. The molecule has 0 aliphatic heterocycles. The van der Waals surface area contributed by atoms with Crippen molar-refractivity contribution in [3.8, 4) is 17.1 Å². The lowest BCUT2D eigenvalue weighted by atomic mass is 10.1. The smallest absolute Gasteiger partial charge is 0.291 e.